The highest BCUT2D eigenvalue weighted by atomic mass is 16.3. The van der Waals surface area contributed by atoms with Crippen molar-refractivity contribution < 1.29 is 5.11 Å². The zero-order valence-electron chi connectivity index (χ0n) is 12.3. The van der Waals surface area contributed by atoms with E-state index in [-0.39, 0.29) is 5.75 Å². The molecule has 0 aromatic heterocycles. The topological polar surface area (TPSA) is 44.0 Å². The van der Waals surface area contributed by atoms with Crippen LogP contribution in [0.5, 0.6) is 5.75 Å². The summed E-state index contributed by atoms with van der Waals surface area (Å²) in [5, 5.41) is 23.8. The molecule has 0 fully saturated rings. The van der Waals surface area contributed by atoms with Gasteiger partial charge in [0.2, 0.25) is 0 Å². The Morgan fingerprint density at radius 2 is 1.39 bits per heavy atom. The first-order valence-electron chi connectivity index (χ1n) is 7.42. The molecule has 4 aromatic carbocycles. The Morgan fingerprint density at radius 3 is 2.17 bits per heavy atom. The predicted octanol–water partition coefficient (Wildman–Crippen LogP) is 5.24. The number of phenolic OH excluding ortho intramolecular Hbond substituents is 1. The molecule has 0 aliphatic heterocycles. The van der Waals surface area contributed by atoms with Crippen LogP contribution in [0.1, 0.15) is 5.56 Å². The molecule has 2 nitrogen and oxygen atoms in total. The molecule has 2 heteroatoms. The van der Waals surface area contributed by atoms with Crippen molar-refractivity contribution >= 4 is 21.5 Å². The van der Waals surface area contributed by atoms with Crippen LogP contribution in [0, 0.1) is 11.3 Å². The third-order valence-electron chi connectivity index (χ3n) is 4.22. The maximum atomic E-state index is 10.5. The van der Waals surface area contributed by atoms with Crippen molar-refractivity contribution in [3.8, 4) is 22.9 Å². The Morgan fingerprint density at radius 1 is 0.696 bits per heavy atom. The zero-order valence-corrected chi connectivity index (χ0v) is 12.3. The molecule has 0 saturated carbocycles. The molecular weight excluding hydrogens is 282 g/mol. The van der Waals surface area contributed by atoms with Crippen LogP contribution in [0.25, 0.3) is 32.7 Å². The molecule has 0 aliphatic rings. The molecule has 4 aromatic rings. The van der Waals surface area contributed by atoms with Crippen LogP contribution in [0.4, 0.5) is 0 Å². The van der Waals surface area contributed by atoms with Gasteiger partial charge >= 0.3 is 0 Å². The quantitative estimate of drug-likeness (QED) is 0.522. The van der Waals surface area contributed by atoms with Crippen LogP contribution < -0.4 is 0 Å². The van der Waals surface area contributed by atoms with Crippen LogP contribution in [0.3, 0.4) is 0 Å². The number of aromatic hydroxyl groups is 1. The number of fused-ring (bicyclic) bond motifs is 2. The number of phenols is 1. The lowest BCUT2D eigenvalue weighted by Gasteiger charge is -2.13. The molecule has 0 unspecified atom stereocenters. The summed E-state index contributed by atoms with van der Waals surface area (Å²) in [7, 11) is 0. The van der Waals surface area contributed by atoms with Crippen LogP contribution in [0.2, 0.25) is 0 Å². The van der Waals surface area contributed by atoms with E-state index < -0.39 is 0 Å². The van der Waals surface area contributed by atoms with Gasteiger partial charge in [0, 0.05) is 10.9 Å². The Labute approximate surface area is 133 Å². The van der Waals surface area contributed by atoms with Crippen LogP contribution >= 0.6 is 0 Å². The van der Waals surface area contributed by atoms with Crippen molar-refractivity contribution in [1.82, 2.24) is 0 Å². The van der Waals surface area contributed by atoms with E-state index in [9.17, 15) is 10.4 Å². The lowest BCUT2D eigenvalue weighted by atomic mass is 9.91. The Balaban J connectivity index is 2.17. The number of nitriles is 1. The van der Waals surface area contributed by atoms with Gasteiger partial charge in [-0.15, -0.1) is 0 Å². The van der Waals surface area contributed by atoms with Gasteiger partial charge in [-0.2, -0.15) is 5.26 Å². The predicted molar refractivity (Wildman–Crippen MR) is 93.3 cm³/mol. The highest BCUT2D eigenvalue weighted by molar-refractivity contribution is 6.08. The standard InChI is InChI=1S/C21H13NO/c22-13-15-9-11-19(18-8-4-3-6-16(15)18)21-17-7-2-1-5-14(17)10-12-20(21)23/h1-12,23H. The molecule has 0 bridgehead atoms. The molecule has 108 valence electrons. The number of hydrogen-bond acceptors (Lipinski definition) is 2. The third-order valence-corrected chi connectivity index (χ3v) is 4.22. The lowest BCUT2D eigenvalue weighted by molar-refractivity contribution is 0.478. The minimum Gasteiger partial charge on any atom is -0.507 e. The monoisotopic (exact) mass is 295 g/mol. The summed E-state index contributed by atoms with van der Waals surface area (Å²) in [5.41, 5.74) is 2.39. The number of benzene rings is 4. The molecule has 0 atom stereocenters. The van der Waals surface area contributed by atoms with Gasteiger partial charge in [0.05, 0.1) is 11.6 Å². The second-order valence-corrected chi connectivity index (χ2v) is 5.50. The van der Waals surface area contributed by atoms with Gasteiger partial charge in [0.15, 0.2) is 0 Å². The Kier molecular flexibility index (Phi) is 2.99. The minimum atomic E-state index is 0.249. The van der Waals surface area contributed by atoms with Crippen molar-refractivity contribution in [1.29, 1.82) is 5.26 Å². The van der Waals surface area contributed by atoms with Crippen molar-refractivity contribution in [2.45, 2.75) is 0 Å². The van der Waals surface area contributed by atoms with Gasteiger partial charge in [-0.05, 0) is 33.9 Å². The van der Waals surface area contributed by atoms with E-state index in [1.54, 1.807) is 6.07 Å². The number of hydrogen-bond donors (Lipinski definition) is 1. The van der Waals surface area contributed by atoms with Gasteiger partial charge in [-0.1, -0.05) is 60.7 Å². The van der Waals surface area contributed by atoms with Crippen molar-refractivity contribution in [3.05, 3.63) is 78.4 Å². The van der Waals surface area contributed by atoms with Crippen LogP contribution in [0.15, 0.2) is 72.8 Å². The zero-order chi connectivity index (χ0) is 15.8. The SMILES string of the molecule is N#Cc1ccc(-c2c(O)ccc3ccccc23)c2ccccc12. The second-order valence-electron chi connectivity index (χ2n) is 5.50. The number of rotatable bonds is 1. The average molecular weight is 295 g/mol. The normalized spacial score (nSPS) is 10.7. The van der Waals surface area contributed by atoms with Crippen molar-refractivity contribution in [2.75, 3.05) is 0 Å². The van der Waals surface area contributed by atoms with Gasteiger partial charge in [0.1, 0.15) is 5.75 Å². The average Bonchev–Trinajstić information content (AvgIpc) is 2.61. The lowest BCUT2D eigenvalue weighted by Crippen LogP contribution is -1.87. The van der Waals surface area contributed by atoms with Gasteiger partial charge in [0.25, 0.3) is 0 Å². The van der Waals surface area contributed by atoms with Crippen molar-refractivity contribution in [3.63, 3.8) is 0 Å². The van der Waals surface area contributed by atoms with E-state index in [1.165, 1.54) is 0 Å². The molecule has 0 spiro atoms. The van der Waals surface area contributed by atoms with Crippen molar-refractivity contribution in [2.24, 2.45) is 0 Å². The van der Waals surface area contributed by atoms with E-state index >= 15 is 0 Å². The van der Waals surface area contributed by atoms with E-state index in [2.05, 4.69) is 6.07 Å². The second kappa shape index (κ2) is 5.15. The van der Waals surface area contributed by atoms with Gasteiger partial charge < -0.3 is 5.11 Å². The fourth-order valence-corrected chi connectivity index (χ4v) is 3.16. The third kappa shape index (κ3) is 2.03. The maximum Gasteiger partial charge on any atom is 0.124 e. The Hall–Kier alpha value is -3.31. The smallest absolute Gasteiger partial charge is 0.124 e. The summed E-state index contributed by atoms with van der Waals surface area (Å²) in [4.78, 5) is 0. The first-order chi connectivity index (χ1) is 11.3. The molecule has 0 saturated heterocycles. The van der Waals surface area contributed by atoms with Gasteiger partial charge in [-0.25, -0.2) is 0 Å². The van der Waals surface area contributed by atoms with E-state index in [4.69, 9.17) is 0 Å². The van der Waals surface area contributed by atoms with E-state index in [1.807, 2.05) is 66.7 Å². The maximum absolute atomic E-state index is 10.5. The first kappa shape index (κ1) is 13.4. The highest BCUT2D eigenvalue weighted by Crippen LogP contribution is 2.40. The van der Waals surface area contributed by atoms with E-state index in [0.29, 0.717) is 5.56 Å². The molecule has 0 aliphatic carbocycles. The largest absolute Gasteiger partial charge is 0.507 e. The minimum absolute atomic E-state index is 0.249. The molecule has 0 heterocycles. The molecule has 1 N–H and O–H groups in total. The van der Waals surface area contributed by atoms with Crippen LogP contribution in [-0.2, 0) is 0 Å². The summed E-state index contributed by atoms with van der Waals surface area (Å²) in [6.07, 6.45) is 0. The summed E-state index contributed by atoms with van der Waals surface area (Å²) >= 11 is 0. The molecular formula is C21H13NO. The first-order valence-corrected chi connectivity index (χ1v) is 7.42. The number of nitrogens with zero attached hydrogens (tertiary/aromatic N) is 1. The molecule has 0 radical (unpaired) electrons. The highest BCUT2D eigenvalue weighted by Gasteiger charge is 2.13. The van der Waals surface area contributed by atoms with E-state index in [0.717, 1.165) is 32.7 Å². The molecule has 23 heavy (non-hydrogen) atoms. The summed E-state index contributed by atoms with van der Waals surface area (Å²) in [5.74, 6) is 0.249. The summed E-state index contributed by atoms with van der Waals surface area (Å²) in [6, 6.07) is 25.4. The summed E-state index contributed by atoms with van der Waals surface area (Å²) < 4.78 is 0. The molecule has 4 rings (SSSR count). The van der Waals surface area contributed by atoms with Gasteiger partial charge in [-0.3, -0.25) is 0 Å². The Bertz CT molecular complexity index is 1090. The molecule has 0 amide bonds. The fraction of sp³-hybridized carbons (Fsp3) is 0. The summed E-state index contributed by atoms with van der Waals surface area (Å²) in [6.45, 7) is 0. The van der Waals surface area contributed by atoms with Crippen LogP contribution in [-0.4, -0.2) is 5.11 Å². The fourth-order valence-electron chi connectivity index (χ4n) is 3.16.